The van der Waals surface area contributed by atoms with Gasteiger partial charge in [-0.1, -0.05) is 19.9 Å². The van der Waals surface area contributed by atoms with Gasteiger partial charge in [0.1, 0.15) is 6.04 Å². The summed E-state index contributed by atoms with van der Waals surface area (Å²) in [6, 6.07) is 4.77. The van der Waals surface area contributed by atoms with Crippen LogP contribution in [0.4, 0.5) is 5.69 Å². The van der Waals surface area contributed by atoms with E-state index in [-0.39, 0.29) is 11.8 Å². The molecule has 1 fully saturated rings. The molecule has 7 heteroatoms. The zero-order chi connectivity index (χ0) is 18.0. The van der Waals surface area contributed by atoms with Gasteiger partial charge in [-0.15, -0.1) is 0 Å². The van der Waals surface area contributed by atoms with Crippen molar-refractivity contribution in [1.82, 2.24) is 9.88 Å². The second kappa shape index (κ2) is 7.25. The summed E-state index contributed by atoms with van der Waals surface area (Å²) >= 11 is 0. The van der Waals surface area contributed by atoms with Crippen molar-refractivity contribution < 1.29 is 19.4 Å². The number of benzene rings is 1. The zero-order valence-electron chi connectivity index (χ0n) is 14.4. The minimum atomic E-state index is -0.875. The molecule has 0 saturated carbocycles. The maximum Gasteiger partial charge on any atom is 0.325 e. The number of nitrogens with zero attached hydrogens (tertiary/aromatic N) is 1. The van der Waals surface area contributed by atoms with E-state index in [9.17, 15) is 14.7 Å². The summed E-state index contributed by atoms with van der Waals surface area (Å²) in [7, 11) is 0. The molecule has 1 unspecified atom stereocenters. The minimum Gasteiger partial charge on any atom is -0.480 e. The van der Waals surface area contributed by atoms with Crippen molar-refractivity contribution in [3.8, 4) is 0 Å². The Morgan fingerprint density at radius 1 is 1.28 bits per heavy atom. The Morgan fingerprint density at radius 2 is 2.00 bits per heavy atom. The van der Waals surface area contributed by atoms with E-state index in [1.807, 2.05) is 30.9 Å². The molecule has 134 valence electrons. The minimum absolute atomic E-state index is 0.0529. The standard InChI is InChI=1S/C18H23N3O4/c1-11(2)17(22)20-12-3-4-13-14(10-19-15(13)9-12)16(18(23)24)21-5-7-25-8-6-21/h3-4,9-11,16,19H,5-8H2,1-2H3,(H,20,22)(H,23,24). The second-order valence-electron chi connectivity index (χ2n) is 6.54. The number of carbonyl (C=O) groups is 2. The van der Waals surface area contributed by atoms with E-state index in [0.717, 1.165) is 16.5 Å². The van der Waals surface area contributed by atoms with Crippen LogP contribution in [0.15, 0.2) is 24.4 Å². The molecule has 1 saturated heterocycles. The van der Waals surface area contributed by atoms with Gasteiger partial charge in [-0.05, 0) is 12.1 Å². The Balaban J connectivity index is 1.91. The number of ether oxygens (including phenoxy) is 1. The van der Waals surface area contributed by atoms with Crippen LogP contribution < -0.4 is 5.32 Å². The number of fused-ring (bicyclic) bond motifs is 1. The number of aromatic nitrogens is 1. The van der Waals surface area contributed by atoms with E-state index in [4.69, 9.17) is 4.74 Å². The van der Waals surface area contributed by atoms with Crippen LogP contribution in [0.25, 0.3) is 10.9 Å². The lowest BCUT2D eigenvalue weighted by Gasteiger charge is -2.31. The Labute approximate surface area is 146 Å². The average Bonchev–Trinajstić information content (AvgIpc) is 2.98. The summed E-state index contributed by atoms with van der Waals surface area (Å²) in [5.74, 6) is -1.03. The summed E-state index contributed by atoms with van der Waals surface area (Å²) in [6.45, 7) is 5.92. The Kier molecular flexibility index (Phi) is 5.06. The Morgan fingerprint density at radius 3 is 2.64 bits per heavy atom. The fraction of sp³-hybridized carbons (Fsp3) is 0.444. The summed E-state index contributed by atoms with van der Waals surface area (Å²) in [4.78, 5) is 28.8. The van der Waals surface area contributed by atoms with Crippen molar-refractivity contribution in [2.24, 2.45) is 5.92 Å². The molecular formula is C18H23N3O4. The molecule has 7 nitrogen and oxygen atoms in total. The predicted octanol–water partition coefficient (Wildman–Crippen LogP) is 2.22. The number of hydrogen-bond acceptors (Lipinski definition) is 4. The van der Waals surface area contributed by atoms with Gasteiger partial charge >= 0.3 is 5.97 Å². The summed E-state index contributed by atoms with van der Waals surface area (Å²) in [6.07, 6.45) is 1.74. The number of nitrogens with one attached hydrogen (secondary N) is 2. The highest BCUT2D eigenvalue weighted by Gasteiger charge is 2.30. The van der Waals surface area contributed by atoms with Crippen molar-refractivity contribution in [2.75, 3.05) is 31.6 Å². The molecule has 3 rings (SSSR count). The van der Waals surface area contributed by atoms with Gasteiger partial charge < -0.3 is 20.1 Å². The molecular weight excluding hydrogens is 322 g/mol. The first-order valence-corrected chi connectivity index (χ1v) is 8.44. The van der Waals surface area contributed by atoms with Crippen LogP contribution in [0.3, 0.4) is 0 Å². The number of hydrogen-bond donors (Lipinski definition) is 3. The van der Waals surface area contributed by atoms with Crippen LogP contribution in [0, 0.1) is 5.92 Å². The van der Waals surface area contributed by atoms with Crippen LogP contribution in [0.2, 0.25) is 0 Å². The van der Waals surface area contributed by atoms with Crippen molar-refractivity contribution in [3.63, 3.8) is 0 Å². The molecule has 0 spiro atoms. The van der Waals surface area contributed by atoms with E-state index in [0.29, 0.717) is 32.0 Å². The van der Waals surface area contributed by atoms with Crippen molar-refractivity contribution in [3.05, 3.63) is 30.0 Å². The fourth-order valence-corrected chi connectivity index (χ4v) is 3.06. The van der Waals surface area contributed by atoms with E-state index in [1.54, 1.807) is 12.3 Å². The van der Waals surface area contributed by atoms with Crippen molar-refractivity contribution >= 4 is 28.5 Å². The highest BCUT2D eigenvalue weighted by Crippen LogP contribution is 2.30. The lowest BCUT2D eigenvalue weighted by molar-refractivity contribution is -0.145. The third-order valence-electron chi connectivity index (χ3n) is 4.44. The van der Waals surface area contributed by atoms with E-state index < -0.39 is 12.0 Å². The smallest absolute Gasteiger partial charge is 0.325 e. The number of carboxylic acid groups (broad SMARTS) is 1. The number of carbonyl (C=O) groups excluding carboxylic acids is 1. The first-order valence-electron chi connectivity index (χ1n) is 8.44. The molecule has 1 aliphatic heterocycles. The molecule has 25 heavy (non-hydrogen) atoms. The van der Waals surface area contributed by atoms with Crippen LogP contribution in [0.5, 0.6) is 0 Å². The number of aliphatic carboxylic acids is 1. The summed E-state index contributed by atoms with van der Waals surface area (Å²) < 4.78 is 5.32. The number of morpholine rings is 1. The van der Waals surface area contributed by atoms with E-state index >= 15 is 0 Å². The molecule has 0 aliphatic carbocycles. The van der Waals surface area contributed by atoms with Gasteiger partial charge in [-0.3, -0.25) is 14.5 Å². The largest absolute Gasteiger partial charge is 0.480 e. The number of carboxylic acids is 1. The first kappa shape index (κ1) is 17.4. The zero-order valence-corrected chi connectivity index (χ0v) is 14.4. The van der Waals surface area contributed by atoms with Crippen LogP contribution in [0.1, 0.15) is 25.5 Å². The quantitative estimate of drug-likeness (QED) is 0.772. The van der Waals surface area contributed by atoms with Gasteiger partial charge in [0, 0.05) is 47.4 Å². The maximum absolute atomic E-state index is 11.9. The van der Waals surface area contributed by atoms with Crippen molar-refractivity contribution in [2.45, 2.75) is 19.9 Å². The highest BCUT2D eigenvalue weighted by molar-refractivity contribution is 5.96. The molecule has 1 aromatic heterocycles. The molecule has 2 aromatic rings. The van der Waals surface area contributed by atoms with Gasteiger partial charge in [0.15, 0.2) is 0 Å². The summed E-state index contributed by atoms with van der Waals surface area (Å²) in [5.41, 5.74) is 2.22. The van der Waals surface area contributed by atoms with E-state index in [2.05, 4.69) is 10.3 Å². The maximum atomic E-state index is 11.9. The normalized spacial score (nSPS) is 16.9. The molecule has 1 amide bonds. The Hall–Kier alpha value is -2.38. The topological polar surface area (TPSA) is 94.7 Å². The van der Waals surface area contributed by atoms with Gasteiger partial charge in [-0.25, -0.2) is 0 Å². The monoisotopic (exact) mass is 345 g/mol. The first-order chi connectivity index (χ1) is 12.0. The number of anilines is 1. The highest BCUT2D eigenvalue weighted by atomic mass is 16.5. The van der Waals surface area contributed by atoms with Gasteiger partial charge in [0.05, 0.1) is 13.2 Å². The molecule has 0 radical (unpaired) electrons. The fourth-order valence-electron chi connectivity index (χ4n) is 3.06. The third-order valence-corrected chi connectivity index (χ3v) is 4.44. The number of amides is 1. The summed E-state index contributed by atoms with van der Waals surface area (Å²) in [5, 5.41) is 13.4. The predicted molar refractivity (Wildman–Crippen MR) is 94.5 cm³/mol. The molecule has 1 aromatic carbocycles. The van der Waals surface area contributed by atoms with Gasteiger partial charge in [0.25, 0.3) is 0 Å². The molecule has 1 aliphatic rings. The molecule has 0 bridgehead atoms. The van der Waals surface area contributed by atoms with E-state index in [1.165, 1.54) is 0 Å². The molecule has 3 N–H and O–H groups in total. The second-order valence-corrected chi connectivity index (χ2v) is 6.54. The van der Waals surface area contributed by atoms with Crippen LogP contribution in [-0.4, -0.2) is 53.2 Å². The molecule has 2 heterocycles. The van der Waals surface area contributed by atoms with Gasteiger partial charge in [0.2, 0.25) is 5.91 Å². The van der Waals surface area contributed by atoms with Gasteiger partial charge in [-0.2, -0.15) is 0 Å². The number of aromatic amines is 1. The molecule has 1 atom stereocenters. The van der Waals surface area contributed by atoms with Crippen LogP contribution in [-0.2, 0) is 14.3 Å². The SMILES string of the molecule is CC(C)C(=O)Nc1ccc2c(C(C(=O)O)N3CCOCC3)c[nH]c2c1. The average molecular weight is 345 g/mol. The number of rotatable bonds is 5. The third kappa shape index (κ3) is 3.67. The Bertz CT molecular complexity index is 778. The number of H-pyrrole nitrogens is 1. The van der Waals surface area contributed by atoms with Crippen molar-refractivity contribution in [1.29, 1.82) is 0 Å². The lowest BCUT2D eigenvalue weighted by atomic mass is 10.0. The lowest BCUT2D eigenvalue weighted by Crippen LogP contribution is -2.42. The van der Waals surface area contributed by atoms with Crippen LogP contribution >= 0.6 is 0 Å².